The van der Waals surface area contributed by atoms with Crippen LogP contribution in [0.3, 0.4) is 0 Å². The highest BCUT2D eigenvalue weighted by Gasteiger charge is 2.14. The summed E-state index contributed by atoms with van der Waals surface area (Å²) in [6.07, 6.45) is 2.51. The van der Waals surface area contributed by atoms with Crippen LogP contribution in [0, 0.1) is 6.92 Å². The number of carbonyl (C=O) groups is 1. The average molecular weight is 309 g/mol. The Labute approximate surface area is 120 Å². The van der Waals surface area contributed by atoms with E-state index in [-0.39, 0.29) is 5.76 Å². The van der Waals surface area contributed by atoms with Crippen molar-refractivity contribution in [3.05, 3.63) is 47.5 Å². The molecule has 9 heteroatoms. The molecule has 0 aliphatic carbocycles. The van der Waals surface area contributed by atoms with Gasteiger partial charge in [0.2, 0.25) is 5.09 Å². The molecule has 2 heterocycles. The van der Waals surface area contributed by atoms with Crippen molar-refractivity contribution in [2.24, 2.45) is 5.10 Å². The van der Waals surface area contributed by atoms with Gasteiger partial charge in [-0.1, -0.05) is 0 Å². The van der Waals surface area contributed by atoms with E-state index >= 15 is 0 Å². The highest BCUT2D eigenvalue weighted by Crippen LogP contribution is 2.11. The molecule has 110 valence electrons. The van der Waals surface area contributed by atoms with Gasteiger partial charge >= 0.3 is 10.1 Å². The highest BCUT2D eigenvalue weighted by atomic mass is 32.2. The second kappa shape index (κ2) is 5.85. The molecule has 21 heavy (non-hydrogen) atoms. The van der Waals surface area contributed by atoms with Gasteiger partial charge in [0.05, 0.1) is 11.8 Å². The van der Waals surface area contributed by atoms with Gasteiger partial charge in [-0.25, -0.2) is 5.43 Å². The van der Waals surface area contributed by atoms with Crippen LogP contribution < -0.4 is 5.43 Å². The number of hydrogen-bond donors (Lipinski definition) is 2. The Bertz CT molecular complexity index is 777. The maximum absolute atomic E-state index is 11.7. The molecule has 2 rings (SSSR count). The molecule has 0 aliphatic rings. The molecule has 1 amide bonds. The van der Waals surface area contributed by atoms with Gasteiger partial charge in [0.25, 0.3) is 5.91 Å². The van der Waals surface area contributed by atoms with Crippen LogP contribution in [-0.2, 0) is 10.1 Å². The summed E-state index contributed by atoms with van der Waals surface area (Å²) in [7, 11) is -4.39. The lowest BCUT2D eigenvalue weighted by Crippen LogP contribution is -2.17. The first-order valence-corrected chi connectivity index (χ1v) is 7.13. The van der Waals surface area contributed by atoms with Crippen molar-refractivity contribution in [1.29, 1.82) is 0 Å². The number of aryl methyl sites for hydroxylation is 1. The minimum atomic E-state index is -4.39. The van der Waals surface area contributed by atoms with Gasteiger partial charge in [-0.15, -0.1) is 0 Å². The summed E-state index contributed by atoms with van der Waals surface area (Å²) in [5, 5.41) is 3.01. The number of nitrogens with zero attached hydrogens (tertiary/aromatic N) is 2. The largest absolute Gasteiger partial charge is 0.441 e. The Morgan fingerprint density at radius 2 is 2.14 bits per heavy atom. The van der Waals surface area contributed by atoms with Crippen molar-refractivity contribution in [3.63, 3.8) is 0 Å². The third-order valence-electron chi connectivity index (χ3n) is 2.39. The third kappa shape index (κ3) is 3.97. The number of amides is 1. The van der Waals surface area contributed by atoms with Crippen LogP contribution in [-0.4, -0.2) is 30.1 Å². The van der Waals surface area contributed by atoms with Crippen molar-refractivity contribution in [3.8, 4) is 0 Å². The van der Waals surface area contributed by atoms with Crippen molar-refractivity contribution in [2.45, 2.75) is 12.0 Å². The third-order valence-corrected chi connectivity index (χ3v) is 3.12. The molecule has 8 nitrogen and oxygen atoms in total. The highest BCUT2D eigenvalue weighted by molar-refractivity contribution is 7.85. The minimum Gasteiger partial charge on any atom is -0.441 e. The predicted molar refractivity (Wildman–Crippen MR) is 72.6 cm³/mol. The van der Waals surface area contributed by atoms with E-state index in [1.807, 2.05) is 0 Å². The molecule has 2 aromatic heterocycles. The number of hydrazone groups is 1. The molecule has 0 saturated carbocycles. The monoisotopic (exact) mass is 309 g/mol. The fraction of sp³-hybridized carbons (Fsp3) is 0.0833. The second-order valence-corrected chi connectivity index (χ2v) is 5.37. The maximum Gasteiger partial charge on any atom is 0.328 e. The number of aromatic nitrogens is 1. The Kier molecular flexibility index (Phi) is 4.15. The molecule has 0 aromatic carbocycles. The first-order valence-electron chi connectivity index (χ1n) is 5.69. The van der Waals surface area contributed by atoms with Crippen LogP contribution in [0.4, 0.5) is 0 Å². The summed E-state index contributed by atoms with van der Waals surface area (Å²) in [5.74, 6) is -0.412. The lowest BCUT2D eigenvalue weighted by atomic mass is 10.2. The van der Waals surface area contributed by atoms with Crippen LogP contribution in [0.2, 0.25) is 0 Å². The van der Waals surface area contributed by atoms with E-state index in [1.165, 1.54) is 12.3 Å². The van der Waals surface area contributed by atoms with Crippen molar-refractivity contribution in [2.75, 3.05) is 0 Å². The molecule has 0 atom stereocenters. The topological polar surface area (TPSA) is 122 Å². The number of furan rings is 1. The first-order chi connectivity index (χ1) is 9.86. The summed E-state index contributed by atoms with van der Waals surface area (Å²) in [6.45, 7) is 1.80. The number of nitrogens with one attached hydrogen (secondary N) is 1. The maximum atomic E-state index is 11.7. The minimum absolute atomic E-state index is 0.0601. The van der Waals surface area contributed by atoms with E-state index in [9.17, 15) is 13.2 Å². The summed E-state index contributed by atoms with van der Waals surface area (Å²) < 4.78 is 35.1. The Balaban J connectivity index is 2.01. The molecule has 0 aliphatic heterocycles. The predicted octanol–water partition coefficient (Wildman–Crippen LogP) is 0.994. The van der Waals surface area contributed by atoms with E-state index < -0.39 is 21.1 Å². The van der Waals surface area contributed by atoms with Gasteiger partial charge in [-0.2, -0.15) is 13.5 Å². The molecule has 0 fully saturated rings. The van der Waals surface area contributed by atoms with E-state index in [0.29, 0.717) is 5.56 Å². The molecule has 0 bridgehead atoms. The van der Waals surface area contributed by atoms with Crippen LogP contribution in [0.25, 0.3) is 0 Å². The number of rotatable bonds is 4. The van der Waals surface area contributed by atoms with Crippen molar-refractivity contribution < 1.29 is 22.2 Å². The van der Waals surface area contributed by atoms with Gasteiger partial charge in [-0.05, 0) is 31.2 Å². The Morgan fingerprint density at radius 1 is 1.38 bits per heavy atom. The summed E-state index contributed by atoms with van der Waals surface area (Å²) in [4.78, 5) is 15.7. The van der Waals surface area contributed by atoms with Crippen molar-refractivity contribution in [1.82, 2.24) is 10.4 Å². The molecule has 2 N–H and O–H groups in total. The smallest absolute Gasteiger partial charge is 0.328 e. The summed E-state index contributed by atoms with van der Waals surface area (Å²) >= 11 is 0. The van der Waals surface area contributed by atoms with E-state index in [1.54, 1.807) is 19.1 Å². The molecular weight excluding hydrogens is 298 g/mol. The van der Waals surface area contributed by atoms with E-state index in [2.05, 4.69) is 15.5 Å². The van der Waals surface area contributed by atoms with E-state index in [0.717, 1.165) is 18.0 Å². The Hall–Kier alpha value is -2.52. The van der Waals surface area contributed by atoms with Gasteiger partial charge in [-0.3, -0.25) is 14.3 Å². The molecule has 0 unspecified atom stereocenters. The van der Waals surface area contributed by atoms with Gasteiger partial charge < -0.3 is 4.42 Å². The zero-order valence-electron chi connectivity index (χ0n) is 10.8. The number of pyridine rings is 1. The quantitative estimate of drug-likeness (QED) is 0.493. The van der Waals surface area contributed by atoms with Crippen LogP contribution in [0.1, 0.15) is 21.8 Å². The fourth-order valence-corrected chi connectivity index (χ4v) is 1.81. The lowest BCUT2D eigenvalue weighted by molar-refractivity contribution is 0.0954. The molecule has 2 aromatic rings. The summed E-state index contributed by atoms with van der Waals surface area (Å²) in [5.41, 5.74) is 3.34. The molecular formula is C12H11N3O5S. The van der Waals surface area contributed by atoms with Crippen LogP contribution in [0.15, 0.2) is 45.1 Å². The molecule has 0 radical (unpaired) electrons. The summed E-state index contributed by atoms with van der Waals surface area (Å²) in [6, 6.07) is 5.63. The Morgan fingerprint density at radius 3 is 2.71 bits per heavy atom. The van der Waals surface area contributed by atoms with Crippen LogP contribution in [0.5, 0.6) is 0 Å². The molecule has 0 saturated heterocycles. The zero-order chi connectivity index (χ0) is 15.5. The average Bonchev–Trinajstić information content (AvgIpc) is 2.88. The number of hydrogen-bond acceptors (Lipinski definition) is 6. The van der Waals surface area contributed by atoms with Crippen LogP contribution >= 0.6 is 0 Å². The molecule has 0 spiro atoms. The van der Waals surface area contributed by atoms with E-state index in [4.69, 9.17) is 8.97 Å². The lowest BCUT2D eigenvalue weighted by Gasteiger charge is -1.98. The fourth-order valence-electron chi connectivity index (χ4n) is 1.36. The SMILES string of the molecule is Cc1ccc(C(=O)NN=Cc2ccc(S(=O)(=O)O)o2)cn1. The zero-order valence-corrected chi connectivity index (χ0v) is 11.7. The van der Waals surface area contributed by atoms with Gasteiger partial charge in [0.15, 0.2) is 0 Å². The number of carbonyl (C=O) groups excluding carboxylic acids is 1. The van der Waals surface area contributed by atoms with Gasteiger partial charge in [0.1, 0.15) is 5.76 Å². The first kappa shape index (κ1) is 14.9. The normalized spacial score (nSPS) is 11.7. The second-order valence-electron chi connectivity index (χ2n) is 4.02. The standard InChI is InChI=1S/C12H11N3O5S/c1-8-2-3-9(6-13-8)12(16)15-14-7-10-4-5-11(20-10)21(17,18)19/h2-7H,1H3,(H,15,16)(H,17,18,19). The van der Waals surface area contributed by atoms with Crippen molar-refractivity contribution >= 4 is 22.2 Å². The van der Waals surface area contributed by atoms with Gasteiger partial charge in [0, 0.05) is 11.9 Å².